The normalized spacial score (nSPS) is 11.9. The fourth-order valence-corrected chi connectivity index (χ4v) is 14.1. The van der Waals surface area contributed by atoms with Crippen molar-refractivity contribution < 1.29 is 44.3 Å². The summed E-state index contributed by atoms with van der Waals surface area (Å²) in [6.45, 7) is 39.3. The summed E-state index contributed by atoms with van der Waals surface area (Å²) < 4.78 is 101. The van der Waals surface area contributed by atoms with Crippen LogP contribution in [0.25, 0.3) is 66.8 Å². The fourth-order valence-electron chi connectivity index (χ4n) is 12.7. The molecule has 0 bridgehead atoms. The summed E-state index contributed by atoms with van der Waals surface area (Å²) >= 11 is 0. The molecular weight excluding hydrogens is 1220 g/mol. The lowest BCUT2D eigenvalue weighted by atomic mass is 9.92. The molecule has 16 nitrogen and oxygen atoms in total. The van der Waals surface area contributed by atoms with Gasteiger partial charge in [-0.1, -0.05) is 90.1 Å². The Kier molecular flexibility index (Phi) is 27.6. The number of hydrogen-bond donors (Lipinski definition) is 0. The molecule has 2 heterocycles. The molecule has 0 atom stereocenters. The van der Waals surface area contributed by atoms with Crippen LogP contribution in [-0.4, -0.2) is 127 Å². The van der Waals surface area contributed by atoms with E-state index < -0.39 is 26.2 Å². The molecule has 8 rings (SSSR count). The van der Waals surface area contributed by atoms with Gasteiger partial charge in [0.05, 0.1) is 21.9 Å². The van der Waals surface area contributed by atoms with Crippen molar-refractivity contribution in [1.82, 2.24) is 19.0 Å². The first-order valence-electron chi connectivity index (χ1n) is 34.3. The molecule has 508 valence electrons. The molecule has 2 aliphatic heterocycles. The van der Waals surface area contributed by atoms with Gasteiger partial charge in [0.2, 0.25) is 10.7 Å². The van der Waals surface area contributed by atoms with Crippen LogP contribution in [0.2, 0.25) is 0 Å². The second kappa shape index (κ2) is 35.0. The third-order valence-corrected chi connectivity index (χ3v) is 19.7. The van der Waals surface area contributed by atoms with E-state index in [1.165, 1.54) is 44.6 Å². The molecule has 18 heteroatoms. The summed E-state index contributed by atoms with van der Waals surface area (Å²) in [6.07, 6.45) is 9.41. The minimum absolute atomic E-state index is 0.167. The molecule has 0 aromatic heterocycles. The Morgan fingerprint density at radius 3 is 1.24 bits per heavy atom. The average molecular weight is 1320 g/mol. The Morgan fingerprint density at radius 1 is 0.479 bits per heavy atom. The second-order valence-electron chi connectivity index (χ2n) is 24.1. The third-order valence-electron chi connectivity index (χ3n) is 18.0. The number of ether oxygens (including phenoxy) is 1. The van der Waals surface area contributed by atoms with E-state index in [0.29, 0.717) is 93.2 Å². The summed E-state index contributed by atoms with van der Waals surface area (Å²) in [4.78, 5) is 20.2. The van der Waals surface area contributed by atoms with Crippen molar-refractivity contribution in [2.45, 2.75) is 157 Å². The number of benzene rings is 6. The predicted molar refractivity (Wildman–Crippen MR) is 383 cm³/mol. The van der Waals surface area contributed by atoms with Crippen molar-refractivity contribution >= 4 is 59.5 Å². The highest BCUT2D eigenvalue weighted by Gasteiger charge is 2.26. The van der Waals surface area contributed by atoms with Gasteiger partial charge >= 0.3 is 5.97 Å². The molecule has 0 amide bonds. The zero-order valence-corrected chi connectivity index (χ0v) is 59.6. The lowest BCUT2D eigenvalue weighted by Crippen LogP contribution is -2.29. The summed E-state index contributed by atoms with van der Waals surface area (Å²) in [5.74, 6) is 0.799. The summed E-state index contributed by atoms with van der Waals surface area (Å²) in [7, 11) is -9.68. The lowest BCUT2D eigenvalue weighted by molar-refractivity contribution is -0.139. The van der Waals surface area contributed by atoms with Gasteiger partial charge < -0.3 is 32.5 Å². The number of hydrogen-bond acceptors (Lipinski definition) is 14. The molecule has 0 radical (unpaired) electrons. The fraction of sp³-hybridized carbons (Fsp3) is 0.461. The van der Waals surface area contributed by atoms with Crippen LogP contribution in [0, 0.1) is 0 Å². The SMILES string of the molecule is C=C(C)C(=O)OCCN(CC)Cc1ccc(-c2c3ccc(=[N+](CC)CC)cc-3oc3cc(N(CC)CC)ccc23)c(S(=O)(=O)[O-])c1.CCCCCCN(CCCCCC)Cc1ccc(-c2c3ccc(=[N+](CC)CC)cc-3oc3cc(N(CC)CC)ccc23)c(S(=O)(=O)[O-])c1. The Morgan fingerprint density at radius 2 is 0.883 bits per heavy atom. The Labute approximate surface area is 560 Å². The van der Waals surface area contributed by atoms with Gasteiger partial charge in [-0.2, -0.15) is 0 Å². The monoisotopic (exact) mass is 1320 g/mol. The van der Waals surface area contributed by atoms with Crippen molar-refractivity contribution in [1.29, 1.82) is 0 Å². The van der Waals surface area contributed by atoms with E-state index in [-0.39, 0.29) is 16.4 Å². The minimum atomic E-state index is -4.88. The van der Waals surface area contributed by atoms with E-state index in [1.54, 1.807) is 19.1 Å². The molecule has 2 aliphatic carbocycles. The topological polar surface area (TPSA) is 186 Å². The summed E-state index contributed by atoms with van der Waals surface area (Å²) in [5, 5.41) is 3.52. The van der Waals surface area contributed by atoms with E-state index in [4.69, 9.17) is 13.6 Å². The van der Waals surface area contributed by atoms with Crippen LogP contribution in [0.4, 0.5) is 11.4 Å². The number of rotatable bonds is 33. The van der Waals surface area contributed by atoms with Crippen LogP contribution in [-0.2, 0) is 42.9 Å². The summed E-state index contributed by atoms with van der Waals surface area (Å²) in [6, 6.07) is 34.6. The van der Waals surface area contributed by atoms with Gasteiger partial charge in [0.15, 0.2) is 0 Å². The van der Waals surface area contributed by atoms with Crippen LogP contribution in [0.15, 0.2) is 140 Å². The van der Waals surface area contributed by atoms with Gasteiger partial charge in [-0.05, 0) is 154 Å². The van der Waals surface area contributed by atoms with Crippen LogP contribution >= 0.6 is 0 Å². The molecule has 4 aromatic carbocycles. The number of fused-ring (bicyclic) bond motifs is 4. The van der Waals surface area contributed by atoms with Crippen LogP contribution in [0.1, 0.15) is 146 Å². The van der Waals surface area contributed by atoms with Crippen molar-refractivity contribution in [2.24, 2.45) is 0 Å². The number of likely N-dealkylation sites (N-methyl/N-ethyl adjacent to an activating group) is 1. The molecule has 0 unspecified atom stereocenters. The highest BCUT2D eigenvalue weighted by atomic mass is 32.2. The van der Waals surface area contributed by atoms with E-state index >= 15 is 0 Å². The molecule has 0 N–H and O–H groups in total. The standard InChI is InChI=1S/C40H57N3O4S.C36H45N3O6S/c1-7-13-15-17-25-41(26-18-16-14-8-2)30-31-19-22-36(39(27-31)48(44,45)46)40-34-23-20-32(42(9-3)10-4)28-37(34)47-38-29-33(21-24-35(38)40)43(11-5)12-6;1-8-37(19-20-44-36(40)25(6)7)24-26-13-16-31(34(21-26)46(41,42)43)35-29-17-14-27(38(9-2)10-3)22-32(29)45-33-23-28(15-18-30(33)35)39(11-4)12-5/h19-24,27-29H,7-18,25-26,30H2,1-6H3;13-18,21-23H,6,8-12,19-20,24H2,1-5,7H3. The van der Waals surface area contributed by atoms with Crippen molar-refractivity contribution in [3.05, 3.63) is 143 Å². The van der Waals surface area contributed by atoms with Gasteiger partial charge in [0.1, 0.15) is 75.7 Å². The molecule has 0 spiro atoms. The average Bonchev–Trinajstić information content (AvgIpc) is 0.749. The number of unbranched alkanes of at least 4 members (excludes halogenated alkanes) is 6. The maximum Gasteiger partial charge on any atom is 0.333 e. The molecule has 4 aliphatic rings. The number of carbonyl (C=O) groups excluding carboxylic acids is 1. The zero-order chi connectivity index (χ0) is 68.3. The Bertz CT molecular complexity index is 4160. The molecule has 94 heavy (non-hydrogen) atoms. The van der Waals surface area contributed by atoms with Gasteiger partial charge in [0, 0.05) is 131 Å². The van der Waals surface area contributed by atoms with Crippen molar-refractivity contribution in [3.63, 3.8) is 0 Å². The van der Waals surface area contributed by atoms with Crippen molar-refractivity contribution in [3.8, 4) is 44.9 Å². The lowest BCUT2D eigenvalue weighted by Gasteiger charge is -2.25. The Hall–Kier alpha value is -7.19. The highest BCUT2D eigenvalue weighted by Crippen LogP contribution is 2.45. The quantitative estimate of drug-likeness (QED) is 0.00944. The molecule has 0 fully saturated rings. The van der Waals surface area contributed by atoms with Gasteiger partial charge in [-0.15, -0.1) is 0 Å². The minimum Gasteiger partial charge on any atom is -0.744 e. The maximum atomic E-state index is 13.1. The zero-order valence-electron chi connectivity index (χ0n) is 57.9. The smallest absolute Gasteiger partial charge is 0.333 e. The van der Waals surface area contributed by atoms with Crippen LogP contribution in [0.3, 0.4) is 0 Å². The predicted octanol–water partition coefficient (Wildman–Crippen LogP) is 14.4. The van der Waals surface area contributed by atoms with Gasteiger partial charge in [0.25, 0.3) is 0 Å². The summed E-state index contributed by atoms with van der Waals surface area (Å²) in [5.41, 5.74) is 8.70. The van der Waals surface area contributed by atoms with E-state index in [0.717, 1.165) is 117 Å². The molecule has 0 saturated heterocycles. The third kappa shape index (κ3) is 18.6. The molecule has 4 aromatic rings. The second-order valence-corrected chi connectivity index (χ2v) is 26.8. The van der Waals surface area contributed by atoms with Crippen molar-refractivity contribution in [2.75, 3.05) is 94.9 Å². The van der Waals surface area contributed by atoms with E-state index in [1.807, 2.05) is 90.7 Å². The van der Waals surface area contributed by atoms with Gasteiger partial charge in [-0.25, -0.2) is 30.8 Å². The van der Waals surface area contributed by atoms with E-state index in [2.05, 4.69) is 112 Å². The maximum absolute atomic E-state index is 13.1. The Balaban J connectivity index is 0.000000266. The first-order valence-corrected chi connectivity index (χ1v) is 37.1. The molecule has 0 saturated carbocycles. The van der Waals surface area contributed by atoms with Gasteiger partial charge in [-0.3, -0.25) is 9.80 Å². The highest BCUT2D eigenvalue weighted by molar-refractivity contribution is 7.86. The van der Waals surface area contributed by atoms with Crippen LogP contribution in [0.5, 0.6) is 0 Å². The largest absolute Gasteiger partial charge is 0.744 e. The first kappa shape index (κ1) is 74.2. The first-order chi connectivity index (χ1) is 45.1. The van der Waals surface area contributed by atoms with Crippen LogP contribution < -0.4 is 29.7 Å². The number of esters is 1. The number of anilines is 2. The number of nitrogens with zero attached hydrogens (tertiary/aromatic N) is 6. The molecular formula is C76H102N6O10S2. The van der Waals surface area contributed by atoms with E-state index in [9.17, 15) is 30.7 Å². The number of carbonyl (C=O) groups is 1.